The minimum absolute atomic E-state index is 0.0506. The fourth-order valence-electron chi connectivity index (χ4n) is 4.96. The number of ether oxygens (including phenoxy) is 1. The van der Waals surface area contributed by atoms with E-state index in [0.717, 1.165) is 25.8 Å². The van der Waals surface area contributed by atoms with Crippen LogP contribution in [0.25, 0.3) is 10.8 Å². The van der Waals surface area contributed by atoms with Crippen molar-refractivity contribution in [2.24, 2.45) is 0 Å². The second-order valence-corrected chi connectivity index (χ2v) is 9.05. The summed E-state index contributed by atoms with van der Waals surface area (Å²) in [6, 6.07) is 32.8. The van der Waals surface area contributed by atoms with Crippen LogP contribution in [-0.2, 0) is 17.8 Å². The number of benzene rings is 4. The molecule has 0 amide bonds. The fraction of sp³-hybridized carbons (Fsp3) is 0.267. The summed E-state index contributed by atoms with van der Waals surface area (Å²) < 4.78 is 20.0. The predicted octanol–water partition coefficient (Wildman–Crippen LogP) is 6.64. The van der Waals surface area contributed by atoms with Crippen LogP contribution in [0.2, 0.25) is 0 Å². The van der Waals surface area contributed by atoms with Crippen molar-refractivity contribution in [2.45, 2.75) is 43.9 Å². The molecule has 1 saturated heterocycles. The number of hydrogen-bond donors (Lipinski definition) is 1. The van der Waals surface area contributed by atoms with Crippen molar-refractivity contribution in [3.63, 3.8) is 0 Å². The molecule has 4 aromatic carbocycles. The average molecular weight is 440 g/mol. The summed E-state index contributed by atoms with van der Waals surface area (Å²) in [5, 5.41) is 6.25. The lowest BCUT2D eigenvalue weighted by atomic mass is 9.83. The Morgan fingerprint density at radius 2 is 1.58 bits per heavy atom. The lowest BCUT2D eigenvalue weighted by Gasteiger charge is -2.36. The molecule has 0 aromatic heterocycles. The summed E-state index contributed by atoms with van der Waals surface area (Å²) >= 11 is 0. The molecule has 2 unspecified atom stereocenters. The quantitative estimate of drug-likeness (QED) is 0.348. The number of rotatable bonds is 7. The first-order chi connectivity index (χ1) is 16.2. The Bertz CT molecular complexity index is 1170. The van der Waals surface area contributed by atoms with Gasteiger partial charge in [0.15, 0.2) is 0 Å². The van der Waals surface area contributed by atoms with Crippen LogP contribution in [0.3, 0.4) is 0 Å². The average Bonchev–Trinajstić information content (AvgIpc) is 2.87. The Labute approximate surface area is 195 Å². The monoisotopic (exact) mass is 439 g/mol. The summed E-state index contributed by atoms with van der Waals surface area (Å²) in [5.41, 5.74) is 3.69. The van der Waals surface area contributed by atoms with E-state index >= 15 is 0 Å². The van der Waals surface area contributed by atoms with Gasteiger partial charge in [0.25, 0.3) is 0 Å². The van der Waals surface area contributed by atoms with Gasteiger partial charge in [-0.1, -0.05) is 84.9 Å². The lowest BCUT2D eigenvalue weighted by molar-refractivity contribution is 0.00665. The molecule has 0 spiro atoms. The molecule has 4 aromatic rings. The van der Waals surface area contributed by atoms with E-state index in [4.69, 9.17) is 4.74 Å². The first-order valence-electron chi connectivity index (χ1n) is 11.9. The topological polar surface area (TPSA) is 21.3 Å². The first kappa shape index (κ1) is 21.8. The van der Waals surface area contributed by atoms with Gasteiger partial charge in [-0.15, -0.1) is 0 Å². The van der Waals surface area contributed by atoms with Gasteiger partial charge < -0.3 is 10.1 Å². The van der Waals surface area contributed by atoms with Crippen molar-refractivity contribution in [3.8, 4) is 0 Å². The van der Waals surface area contributed by atoms with Crippen molar-refractivity contribution in [1.29, 1.82) is 0 Å². The van der Waals surface area contributed by atoms with E-state index in [9.17, 15) is 4.39 Å². The van der Waals surface area contributed by atoms with Crippen LogP contribution < -0.4 is 5.32 Å². The molecule has 1 heterocycles. The van der Waals surface area contributed by atoms with E-state index in [1.807, 2.05) is 18.2 Å². The van der Waals surface area contributed by atoms with E-state index in [1.165, 1.54) is 27.5 Å². The summed E-state index contributed by atoms with van der Waals surface area (Å²) in [4.78, 5) is 0. The minimum Gasteiger partial charge on any atom is -0.372 e. The molecule has 5 rings (SSSR count). The maximum absolute atomic E-state index is 13.4. The van der Waals surface area contributed by atoms with E-state index < -0.39 is 0 Å². The molecule has 0 saturated carbocycles. The van der Waals surface area contributed by atoms with E-state index in [-0.39, 0.29) is 18.0 Å². The second-order valence-electron chi connectivity index (χ2n) is 9.05. The first-order valence-corrected chi connectivity index (χ1v) is 11.9. The molecule has 0 bridgehead atoms. The maximum Gasteiger partial charge on any atom is 0.123 e. The summed E-state index contributed by atoms with van der Waals surface area (Å²) in [5.74, 6) is 0.237. The molecule has 168 valence electrons. The van der Waals surface area contributed by atoms with Gasteiger partial charge in [0.1, 0.15) is 5.82 Å². The third-order valence-corrected chi connectivity index (χ3v) is 6.79. The molecule has 0 radical (unpaired) electrons. The highest BCUT2D eigenvalue weighted by atomic mass is 19.1. The standard InChI is InChI=1S/C30H30FNO/c31-28-14-12-25(13-15-28)27-16-17-32-29(20-27)30(33-21-22-6-2-1-3-7-22)19-23-10-11-24-8-4-5-9-26(24)18-23/h1-15,18,27,29-30,32H,16-17,19-21H2/t27?,29?,30-/m0/s1. The highest BCUT2D eigenvalue weighted by Crippen LogP contribution is 2.31. The molecule has 33 heavy (non-hydrogen) atoms. The smallest absolute Gasteiger partial charge is 0.123 e. The Morgan fingerprint density at radius 1 is 0.818 bits per heavy atom. The van der Waals surface area contributed by atoms with Gasteiger partial charge in [-0.3, -0.25) is 0 Å². The van der Waals surface area contributed by atoms with Gasteiger partial charge in [-0.25, -0.2) is 4.39 Å². The maximum atomic E-state index is 13.4. The molecule has 0 aliphatic carbocycles. The van der Waals surface area contributed by atoms with Crippen molar-refractivity contribution < 1.29 is 9.13 Å². The van der Waals surface area contributed by atoms with Gasteiger partial charge in [0.05, 0.1) is 12.7 Å². The van der Waals surface area contributed by atoms with Gasteiger partial charge in [0.2, 0.25) is 0 Å². The number of piperidine rings is 1. The van der Waals surface area contributed by atoms with E-state index in [1.54, 1.807) is 12.1 Å². The molecule has 1 N–H and O–H groups in total. The molecular weight excluding hydrogens is 409 g/mol. The SMILES string of the molecule is Fc1ccc(C2CCNC([C@H](Cc3ccc4ccccc4c3)OCc3ccccc3)C2)cc1. The number of halogens is 1. The Morgan fingerprint density at radius 3 is 2.39 bits per heavy atom. The number of nitrogens with one attached hydrogen (secondary N) is 1. The molecule has 1 fully saturated rings. The van der Waals surface area contributed by atoms with Crippen molar-refractivity contribution in [1.82, 2.24) is 5.32 Å². The second kappa shape index (κ2) is 10.3. The Balaban J connectivity index is 1.36. The van der Waals surface area contributed by atoms with Crippen LogP contribution in [-0.4, -0.2) is 18.7 Å². The van der Waals surface area contributed by atoms with Gasteiger partial charge >= 0.3 is 0 Å². The lowest BCUT2D eigenvalue weighted by Crippen LogP contribution is -2.47. The largest absolute Gasteiger partial charge is 0.372 e. The molecule has 1 aliphatic heterocycles. The van der Waals surface area contributed by atoms with Gasteiger partial charge in [0, 0.05) is 12.5 Å². The van der Waals surface area contributed by atoms with Crippen LogP contribution in [0.5, 0.6) is 0 Å². The Kier molecular flexibility index (Phi) is 6.80. The van der Waals surface area contributed by atoms with Crippen LogP contribution >= 0.6 is 0 Å². The van der Waals surface area contributed by atoms with Crippen LogP contribution in [0.15, 0.2) is 97.1 Å². The zero-order valence-electron chi connectivity index (χ0n) is 18.8. The summed E-state index contributed by atoms with van der Waals surface area (Å²) in [6.45, 7) is 1.54. The molecule has 2 nitrogen and oxygen atoms in total. The molecular formula is C30H30FNO. The van der Waals surface area contributed by atoms with Gasteiger partial charge in [-0.05, 0) is 64.9 Å². The number of hydrogen-bond acceptors (Lipinski definition) is 2. The van der Waals surface area contributed by atoms with E-state index in [2.05, 4.69) is 72.0 Å². The number of fused-ring (bicyclic) bond motifs is 1. The zero-order chi connectivity index (χ0) is 22.5. The van der Waals surface area contributed by atoms with Crippen molar-refractivity contribution >= 4 is 10.8 Å². The fourth-order valence-corrected chi connectivity index (χ4v) is 4.96. The normalized spacial score (nSPS) is 19.4. The Hall–Kier alpha value is -3.01. The summed E-state index contributed by atoms with van der Waals surface area (Å²) in [7, 11) is 0. The summed E-state index contributed by atoms with van der Waals surface area (Å²) in [6.07, 6.45) is 2.95. The van der Waals surface area contributed by atoms with E-state index in [0.29, 0.717) is 12.5 Å². The molecule has 3 heteroatoms. The van der Waals surface area contributed by atoms with Crippen molar-refractivity contribution in [2.75, 3.05) is 6.54 Å². The van der Waals surface area contributed by atoms with Crippen LogP contribution in [0.4, 0.5) is 4.39 Å². The highest BCUT2D eigenvalue weighted by Gasteiger charge is 2.30. The van der Waals surface area contributed by atoms with Crippen molar-refractivity contribution in [3.05, 3.63) is 120 Å². The highest BCUT2D eigenvalue weighted by molar-refractivity contribution is 5.83. The molecule has 3 atom stereocenters. The zero-order valence-corrected chi connectivity index (χ0v) is 18.8. The van der Waals surface area contributed by atoms with Crippen LogP contribution in [0.1, 0.15) is 35.4 Å². The van der Waals surface area contributed by atoms with Crippen LogP contribution in [0, 0.1) is 5.82 Å². The minimum atomic E-state index is -0.176. The molecule has 1 aliphatic rings. The van der Waals surface area contributed by atoms with Gasteiger partial charge in [-0.2, -0.15) is 0 Å². The third-order valence-electron chi connectivity index (χ3n) is 6.79. The third kappa shape index (κ3) is 5.50. The predicted molar refractivity (Wildman–Crippen MR) is 133 cm³/mol.